The molecule has 1 atom stereocenters. The molecule has 2 aromatic rings. The maximum Gasteiger partial charge on any atom is 0.251 e. The lowest BCUT2D eigenvalue weighted by Crippen LogP contribution is -2.31. The first-order chi connectivity index (χ1) is 12.2. The van der Waals surface area contributed by atoms with E-state index in [0.717, 1.165) is 0 Å². The molecule has 1 amide bonds. The lowest BCUT2D eigenvalue weighted by Gasteiger charge is -2.24. The lowest BCUT2D eigenvalue weighted by atomic mass is 10.2. The van der Waals surface area contributed by atoms with Gasteiger partial charge >= 0.3 is 0 Å². The lowest BCUT2D eigenvalue weighted by molar-refractivity contribution is 0.0949. The van der Waals surface area contributed by atoms with Gasteiger partial charge in [-0.3, -0.25) is 4.79 Å². The summed E-state index contributed by atoms with van der Waals surface area (Å²) in [5, 5.41) is 2.79. The van der Waals surface area contributed by atoms with E-state index in [1.54, 1.807) is 31.3 Å². The van der Waals surface area contributed by atoms with Crippen molar-refractivity contribution < 1.29 is 13.2 Å². The van der Waals surface area contributed by atoms with E-state index in [4.69, 9.17) is 0 Å². The van der Waals surface area contributed by atoms with Crippen LogP contribution >= 0.6 is 0 Å². The van der Waals surface area contributed by atoms with Gasteiger partial charge < -0.3 is 5.32 Å². The number of nitrogens with zero attached hydrogens (tertiary/aromatic N) is 3. The van der Waals surface area contributed by atoms with E-state index >= 15 is 0 Å². The van der Waals surface area contributed by atoms with Gasteiger partial charge in [-0.1, -0.05) is 19.9 Å². The minimum Gasteiger partial charge on any atom is -0.352 e. The molecule has 2 rings (SSSR count). The van der Waals surface area contributed by atoms with Crippen LogP contribution in [0.3, 0.4) is 0 Å². The summed E-state index contributed by atoms with van der Waals surface area (Å²) < 4.78 is 27.1. The fraction of sp³-hybridized carbons (Fsp3) is 0.389. The van der Waals surface area contributed by atoms with E-state index in [1.165, 1.54) is 29.8 Å². The van der Waals surface area contributed by atoms with Crippen molar-refractivity contribution in [2.24, 2.45) is 5.92 Å². The standard InChI is InChI=1S/C18H24N4O3S/c1-13(2)11-20-18(23)15-6-5-7-16(10-15)26(24,25)22(4)14(3)17-8-9-19-12-21-17/h5-10,12-14H,11H2,1-4H3,(H,20,23). The predicted octanol–water partition coefficient (Wildman–Crippen LogP) is 2.24. The first kappa shape index (κ1) is 20.0. The minimum atomic E-state index is -3.78. The zero-order valence-corrected chi connectivity index (χ0v) is 16.2. The third kappa shape index (κ3) is 4.64. The molecule has 140 valence electrons. The molecule has 0 aliphatic rings. The molecule has 1 heterocycles. The maximum atomic E-state index is 12.9. The molecule has 26 heavy (non-hydrogen) atoms. The Hall–Kier alpha value is -2.32. The van der Waals surface area contributed by atoms with E-state index in [1.807, 2.05) is 13.8 Å². The van der Waals surface area contributed by atoms with Gasteiger partial charge in [0.2, 0.25) is 10.0 Å². The minimum absolute atomic E-state index is 0.0677. The highest BCUT2D eigenvalue weighted by atomic mass is 32.2. The molecule has 0 fully saturated rings. The molecule has 1 unspecified atom stereocenters. The second-order valence-corrected chi connectivity index (χ2v) is 8.46. The van der Waals surface area contributed by atoms with Crippen LogP contribution in [-0.4, -0.2) is 42.2 Å². The van der Waals surface area contributed by atoms with Crippen molar-refractivity contribution in [1.29, 1.82) is 0 Å². The van der Waals surface area contributed by atoms with Gasteiger partial charge in [-0.05, 0) is 37.1 Å². The van der Waals surface area contributed by atoms with Crippen LogP contribution in [0.4, 0.5) is 0 Å². The zero-order valence-electron chi connectivity index (χ0n) is 15.4. The Morgan fingerprint density at radius 1 is 1.23 bits per heavy atom. The number of nitrogens with one attached hydrogen (secondary N) is 1. The fourth-order valence-electron chi connectivity index (χ4n) is 2.31. The van der Waals surface area contributed by atoms with Crippen molar-refractivity contribution in [3.8, 4) is 0 Å². The van der Waals surface area contributed by atoms with Crippen LogP contribution in [0.25, 0.3) is 0 Å². The van der Waals surface area contributed by atoms with Crippen molar-refractivity contribution in [2.75, 3.05) is 13.6 Å². The Morgan fingerprint density at radius 2 is 1.96 bits per heavy atom. The number of benzene rings is 1. The topological polar surface area (TPSA) is 92.3 Å². The molecular formula is C18H24N4O3S. The van der Waals surface area contributed by atoms with Gasteiger partial charge in [-0.25, -0.2) is 18.4 Å². The van der Waals surface area contributed by atoms with E-state index in [9.17, 15) is 13.2 Å². The number of carbonyl (C=O) groups excluding carboxylic acids is 1. The van der Waals surface area contributed by atoms with Gasteiger partial charge in [0.25, 0.3) is 5.91 Å². The molecule has 0 radical (unpaired) electrons. The monoisotopic (exact) mass is 376 g/mol. The molecular weight excluding hydrogens is 352 g/mol. The predicted molar refractivity (Wildman–Crippen MR) is 99.0 cm³/mol. The molecule has 0 aliphatic carbocycles. The van der Waals surface area contributed by atoms with Crippen molar-refractivity contribution >= 4 is 15.9 Å². The van der Waals surface area contributed by atoms with Crippen molar-refractivity contribution in [2.45, 2.75) is 31.7 Å². The van der Waals surface area contributed by atoms with Crippen LogP contribution in [0.5, 0.6) is 0 Å². The number of hydrogen-bond acceptors (Lipinski definition) is 5. The van der Waals surface area contributed by atoms with Gasteiger partial charge in [-0.15, -0.1) is 0 Å². The largest absolute Gasteiger partial charge is 0.352 e. The van der Waals surface area contributed by atoms with Gasteiger partial charge in [0.05, 0.1) is 16.6 Å². The van der Waals surface area contributed by atoms with Gasteiger partial charge in [0, 0.05) is 25.4 Å². The smallest absolute Gasteiger partial charge is 0.251 e. The molecule has 1 N–H and O–H groups in total. The Balaban J connectivity index is 2.26. The average molecular weight is 376 g/mol. The summed E-state index contributed by atoms with van der Waals surface area (Å²) in [6.45, 7) is 6.26. The number of sulfonamides is 1. The highest BCUT2D eigenvalue weighted by Crippen LogP contribution is 2.24. The van der Waals surface area contributed by atoms with Gasteiger partial charge in [0.1, 0.15) is 6.33 Å². The summed E-state index contributed by atoms with van der Waals surface area (Å²) in [5.74, 6) is 0.0213. The molecule has 0 saturated heterocycles. The quantitative estimate of drug-likeness (QED) is 0.800. The first-order valence-corrected chi connectivity index (χ1v) is 9.79. The normalized spacial score (nSPS) is 13.0. The van der Waals surface area contributed by atoms with Crippen LogP contribution in [0.2, 0.25) is 0 Å². The molecule has 0 saturated carbocycles. The fourth-order valence-corrected chi connectivity index (χ4v) is 3.69. The maximum absolute atomic E-state index is 12.9. The summed E-state index contributed by atoms with van der Waals surface area (Å²) in [5.41, 5.74) is 0.909. The first-order valence-electron chi connectivity index (χ1n) is 8.35. The second-order valence-electron chi connectivity index (χ2n) is 6.46. The number of carbonyl (C=O) groups is 1. The third-order valence-electron chi connectivity index (χ3n) is 4.02. The highest BCUT2D eigenvalue weighted by Gasteiger charge is 2.27. The Kier molecular flexibility index (Phi) is 6.44. The highest BCUT2D eigenvalue weighted by molar-refractivity contribution is 7.89. The summed E-state index contributed by atoms with van der Waals surface area (Å²) >= 11 is 0. The third-order valence-corrected chi connectivity index (χ3v) is 5.95. The van der Waals surface area contributed by atoms with E-state index in [-0.39, 0.29) is 10.8 Å². The molecule has 0 bridgehead atoms. The summed E-state index contributed by atoms with van der Waals surface area (Å²) in [4.78, 5) is 20.2. The Labute approximate surface area is 154 Å². The van der Waals surface area contributed by atoms with Gasteiger partial charge in [0.15, 0.2) is 0 Å². The van der Waals surface area contributed by atoms with Crippen LogP contribution in [-0.2, 0) is 10.0 Å². The molecule has 8 heteroatoms. The van der Waals surface area contributed by atoms with Gasteiger partial charge in [-0.2, -0.15) is 4.31 Å². The van der Waals surface area contributed by atoms with E-state index in [0.29, 0.717) is 23.7 Å². The van der Waals surface area contributed by atoms with Crippen molar-refractivity contribution in [1.82, 2.24) is 19.6 Å². The zero-order chi connectivity index (χ0) is 19.3. The summed E-state index contributed by atoms with van der Waals surface area (Å²) in [6, 6.07) is 7.25. The molecule has 0 spiro atoms. The number of amides is 1. The van der Waals surface area contributed by atoms with Crippen molar-refractivity contribution in [3.63, 3.8) is 0 Å². The van der Waals surface area contributed by atoms with Crippen LogP contribution in [0.15, 0.2) is 47.8 Å². The average Bonchev–Trinajstić information content (AvgIpc) is 2.65. The second kappa shape index (κ2) is 8.37. The summed E-state index contributed by atoms with van der Waals surface area (Å²) in [6.07, 6.45) is 2.95. The van der Waals surface area contributed by atoms with Crippen molar-refractivity contribution in [3.05, 3.63) is 54.1 Å². The molecule has 1 aromatic heterocycles. The summed E-state index contributed by atoms with van der Waals surface area (Å²) in [7, 11) is -2.29. The Morgan fingerprint density at radius 3 is 2.58 bits per heavy atom. The molecule has 7 nitrogen and oxygen atoms in total. The van der Waals surface area contributed by atoms with E-state index < -0.39 is 16.1 Å². The number of aromatic nitrogens is 2. The molecule has 1 aromatic carbocycles. The van der Waals surface area contributed by atoms with Crippen LogP contribution < -0.4 is 5.32 Å². The molecule has 0 aliphatic heterocycles. The van der Waals surface area contributed by atoms with Crippen LogP contribution in [0, 0.1) is 5.92 Å². The SMILES string of the molecule is CC(C)CNC(=O)c1cccc(S(=O)(=O)N(C)C(C)c2ccncn2)c1. The van der Waals surface area contributed by atoms with Crippen LogP contribution in [0.1, 0.15) is 42.9 Å². The number of hydrogen-bond donors (Lipinski definition) is 1. The Bertz CT molecular complexity index is 854. The number of rotatable bonds is 7. The van der Waals surface area contributed by atoms with E-state index in [2.05, 4.69) is 15.3 Å².